The second kappa shape index (κ2) is 5.72. The maximum absolute atomic E-state index is 11.8. The average molecular weight is 300 g/mol. The van der Waals surface area contributed by atoms with Gasteiger partial charge in [0.05, 0.1) is 11.4 Å². The molecule has 7 heteroatoms. The number of hydrogen-bond donors (Lipinski definition) is 2. The van der Waals surface area contributed by atoms with Crippen LogP contribution in [0, 0.1) is 0 Å². The van der Waals surface area contributed by atoms with Gasteiger partial charge in [-0.15, -0.1) is 5.11 Å². The lowest BCUT2D eigenvalue weighted by atomic mass is 10.1. The first kappa shape index (κ1) is 13.3. The molecule has 0 saturated heterocycles. The number of rotatable bonds is 3. The summed E-state index contributed by atoms with van der Waals surface area (Å²) in [5, 5.41) is 14.0. The molecular formula is C14H10ClN5O. The Balaban J connectivity index is 2.00. The van der Waals surface area contributed by atoms with Crippen molar-refractivity contribution in [3.63, 3.8) is 0 Å². The molecular weight excluding hydrogens is 290 g/mol. The lowest BCUT2D eigenvalue weighted by Gasteiger charge is -1.98. The maximum atomic E-state index is 11.8. The van der Waals surface area contributed by atoms with Crippen LogP contribution in [0.4, 0.5) is 11.4 Å². The van der Waals surface area contributed by atoms with E-state index in [1.165, 1.54) is 0 Å². The van der Waals surface area contributed by atoms with Crippen molar-refractivity contribution < 1.29 is 0 Å². The molecule has 104 valence electrons. The van der Waals surface area contributed by atoms with Crippen LogP contribution in [-0.4, -0.2) is 15.2 Å². The van der Waals surface area contributed by atoms with Crippen molar-refractivity contribution in [2.24, 2.45) is 10.2 Å². The van der Waals surface area contributed by atoms with Gasteiger partial charge in [0.15, 0.2) is 5.69 Å². The van der Waals surface area contributed by atoms with Crippen LogP contribution in [0.25, 0.3) is 11.3 Å². The molecule has 0 saturated carbocycles. The van der Waals surface area contributed by atoms with Crippen LogP contribution in [0.3, 0.4) is 0 Å². The molecule has 0 unspecified atom stereocenters. The third kappa shape index (κ3) is 2.90. The first-order chi connectivity index (χ1) is 10.2. The number of azo groups is 1. The van der Waals surface area contributed by atoms with Gasteiger partial charge in [0, 0.05) is 23.0 Å². The van der Waals surface area contributed by atoms with Gasteiger partial charge in [0.2, 0.25) is 0 Å². The highest BCUT2D eigenvalue weighted by atomic mass is 35.5. The number of hydrogen-bond acceptors (Lipinski definition) is 4. The zero-order valence-corrected chi connectivity index (χ0v) is 11.5. The molecule has 0 spiro atoms. The third-order valence-electron chi connectivity index (χ3n) is 2.81. The van der Waals surface area contributed by atoms with Crippen LogP contribution in [-0.2, 0) is 0 Å². The Morgan fingerprint density at radius 2 is 1.67 bits per heavy atom. The van der Waals surface area contributed by atoms with E-state index in [1.54, 1.807) is 48.8 Å². The van der Waals surface area contributed by atoms with E-state index < -0.39 is 0 Å². The smallest absolute Gasteiger partial charge is 0.292 e. The Morgan fingerprint density at radius 3 is 2.38 bits per heavy atom. The molecule has 0 fully saturated rings. The second-order valence-corrected chi connectivity index (χ2v) is 4.65. The number of halogens is 1. The van der Waals surface area contributed by atoms with Gasteiger partial charge in [-0.25, -0.2) is 0 Å². The van der Waals surface area contributed by atoms with E-state index >= 15 is 0 Å². The number of aromatic amines is 2. The first-order valence-electron chi connectivity index (χ1n) is 6.12. The minimum Gasteiger partial charge on any atom is -0.295 e. The highest BCUT2D eigenvalue weighted by Gasteiger charge is 2.11. The van der Waals surface area contributed by atoms with Gasteiger partial charge in [0.1, 0.15) is 0 Å². The zero-order chi connectivity index (χ0) is 14.7. The van der Waals surface area contributed by atoms with E-state index in [0.29, 0.717) is 16.4 Å². The second-order valence-electron chi connectivity index (χ2n) is 4.22. The summed E-state index contributed by atoms with van der Waals surface area (Å²) in [6.07, 6.45) is 3.21. The van der Waals surface area contributed by atoms with Gasteiger partial charge in [-0.1, -0.05) is 23.7 Å². The molecule has 0 amide bonds. The highest BCUT2D eigenvalue weighted by molar-refractivity contribution is 6.30. The molecule has 21 heavy (non-hydrogen) atoms. The quantitative estimate of drug-likeness (QED) is 0.720. The Labute approximate surface area is 124 Å². The monoisotopic (exact) mass is 299 g/mol. The van der Waals surface area contributed by atoms with Gasteiger partial charge in [-0.05, 0) is 24.3 Å². The standard InChI is InChI=1S/C14H10ClN5O/c15-10-3-1-9(2-4-10)12-13(14(21)20-18-12)19-17-11-5-7-16-8-6-11/h1-8H,(H2,18,20,21). The summed E-state index contributed by atoms with van der Waals surface area (Å²) >= 11 is 5.86. The van der Waals surface area contributed by atoms with E-state index in [9.17, 15) is 4.79 Å². The normalized spacial score (nSPS) is 11.1. The van der Waals surface area contributed by atoms with Crippen molar-refractivity contribution in [2.75, 3.05) is 0 Å². The average Bonchev–Trinajstić information content (AvgIpc) is 2.88. The number of H-pyrrole nitrogens is 2. The molecule has 0 atom stereocenters. The van der Waals surface area contributed by atoms with Gasteiger partial charge >= 0.3 is 0 Å². The SMILES string of the molecule is O=c1[nH][nH]c(-c2ccc(Cl)cc2)c1N=Nc1ccncc1. The predicted molar refractivity (Wildman–Crippen MR) is 80.3 cm³/mol. The van der Waals surface area contributed by atoms with Crippen molar-refractivity contribution in [1.29, 1.82) is 0 Å². The van der Waals surface area contributed by atoms with Crippen LogP contribution in [0.1, 0.15) is 0 Å². The minimum atomic E-state index is -0.335. The van der Waals surface area contributed by atoms with Crippen molar-refractivity contribution in [3.05, 3.63) is 64.2 Å². The first-order valence-corrected chi connectivity index (χ1v) is 6.50. The van der Waals surface area contributed by atoms with Crippen molar-refractivity contribution >= 4 is 23.0 Å². The van der Waals surface area contributed by atoms with Crippen LogP contribution in [0.5, 0.6) is 0 Å². The molecule has 0 aliphatic rings. The number of nitrogens with zero attached hydrogens (tertiary/aromatic N) is 3. The van der Waals surface area contributed by atoms with E-state index in [-0.39, 0.29) is 11.2 Å². The fourth-order valence-corrected chi connectivity index (χ4v) is 1.92. The summed E-state index contributed by atoms with van der Waals surface area (Å²) in [6, 6.07) is 10.5. The fourth-order valence-electron chi connectivity index (χ4n) is 1.79. The summed E-state index contributed by atoms with van der Waals surface area (Å²) in [7, 11) is 0. The van der Waals surface area contributed by atoms with Crippen LogP contribution < -0.4 is 5.56 Å². The lowest BCUT2D eigenvalue weighted by Crippen LogP contribution is -1.96. The fraction of sp³-hybridized carbons (Fsp3) is 0. The zero-order valence-electron chi connectivity index (χ0n) is 10.7. The number of pyridine rings is 1. The molecule has 0 aliphatic carbocycles. The van der Waals surface area contributed by atoms with E-state index in [0.717, 1.165) is 5.56 Å². The van der Waals surface area contributed by atoms with Crippen LogP contribution in [0.2, 0.25) is 5.02 Å². The van der Waals surface area contributed by atoms with E-state index in [4.69, 9.17) is 11.6 Å². The Kier molecular flexibility index (Phi) is 3.61. The molecule has 3 aromatic rings. The van der Waals surface area contributed by atoms with Crippen molar-refractivity contribution in [2.45, 2.75) is 0 Å². The maximum Gasteiger partial charge on any atom is 0.292 e. The molecule has 6 nitrogen and oxygen atoms in total. The highest BCUT2D eigenvalue weighted by Crippen LogP contribution is 2.27. The van der Waals surface area contributed by atoms with Gasteiger partial charge < -0.3 is 0 Å². The third-order valence-corrected chi connectivity index (χ3v) is 3.07. The minimum absolute atomic E-state index is 0.217. The van der Waals surface area contributed by atoms with Gasteiger partial charge in [-0.3, -0.25) is 20.0 Å². The molecule has 2 N–H and O–H groups in total. The van der Waals surface area contributed by atoms with E-state index in [1.807, 2.05) is 0 Å². The molecule has 3 rings (SSSR count). The molecule has 2 heterocycles. The summed E-state index contributed by atoms with van der Waals surface area (Å²) in [5.74, 6) is 0. The number of benzene rings is 1. The molecule has 0 radical (unpaired) electrons. The summed E-state index contributed by atoms with van der Waals surface area (Å²) in [4.78, 5) is 15.7. The Bertz CT molecular complexity index is 821. The molecule has 2 aromatic heterocycles. The Morgan fingerprint density at radius 1 is 0.952 bits per heavy atom. The topological polar surface area (TPSA) is 86.3 Å². The number of aromatic nitrogens is 3. The van der Waals surface area contributed by atoms with Crippen LogP contribution >= 0.6 is 11.6 Å². The largest absolute Gasteiger partial charge is 0.295 e. The predicted octanol–water partition coefficient (Wildman–Crippen LogP) is 3.83. The molecule has 1 aromatic carbocycles. The molecule has 0 bridgehead atoms. The summed E-state index contributed by atoms with van der Waals surface area (Å²) < 4.78 is 0. The van der Waals surface area contributed by atoms with Gasteiger partial charge in [0.25, 0.3) is 5.56 Å². The van der Waals surface area contributed by atoms with E-state index in [2.05, 4.69) is 25.4 Å². The van der Waals surface area contributed by atoms with Crippen molar-refractivity contribution in [3.8, 4) is 11.3 Å². The molecule has 0 aliphatic heterocycles. The number of nitrogens with one attached hydrogen (secondary N) is 2. The summed E-state index contributed by atoms with van der Waals surface area (Å²) in [6.45, 7) is 0. The Hall–Kier alpha value is -2.73. The van der Waals surface area contributed by atoms with Crippen LogP contribution in [0.15, 0.2) is 63.8 Å². The lowest BCUT2D eigenvalue weighted by molar-refractivity contribution is 1.06. The van der Waals surface area contributed by atoms with Crippen molar-refractivity contribution in [1.82, 2.24) is 15.2 Å². The van der Waals surface area contributed by atoms with Gasteiger partial charge in [-0.2, -0.15) is 5.11 Å². The summed E-state index contributed by atoms with van der Waals surface area (Å²) in [5.41, 5.74) is 1.86.